The van der Waals surface area contributed by atoms with E-state index >= 15 is 0 Å². The molecular formula is C15H22N4O2. The van der Waals surface area contributed by atoms with Gasteiger partial charge in [-0.3, -0.25) is 0 Å². The third-order valence-electron chi connectivity index (χ3n) is 4.15. The number of carbonyl (C=O) groups is 1. The maximum absolute atomic E-state index is 12.2. The number of rotatable bonds is 1. The minimum absolute atomic E-state index is 0.00173. The standard InChI is InChI=1S/C15H22N4O2/c1-14(2,3)21-13(20)18-9-5-15(11-18)6-10-19(15)12-16-7-4-8-17-12/h4,7-8H,5-6,9-11H2,1-3H3. The van der Waals surface area contributed by atoms with Crippen molar-refractivity contribution in [3.63, 3.8) is 0 Å². The lowest BCUT2D eigenvalue weighted by molar-refractivity contribution is 0.0277. The molecular weight excluding hydrogens is 268 g/mol. The van der Waals surface area contributed by atoms with Gasteiger partial charge in [0.05, 0.1) is 5.54 Å². The van der Waals surface area contributed by atoms with E-state index in [0.29, 0.717) is 6.54 Å². The van der Waals surface area contributed by atoms with Gasteiger partial charge in [0, 0.05) is 32.0 Å². The molecule has 2 saturated heterocycles. The van der Waals surface area contributed by atoms with Crippen LogP contribution in [0.4, 0.5) is 10.7 Å². The Morgan fingerprint density at radius 2 is 1.90 bits per heavy atom. The van der Waals surface area contributed by atoms with Crippen LogP contribution in [0.2, 0.25) is 0 Å². The van der Waals surface area contributed by atoms with Crippen LogP contribution in [0.5, 0.6) is 0 Å². The second-order valence-corrected chi connectivity index (χ2v) is 6.83. The van der Waals surface area contributed by atoms with Crippen LogP contribution in [0.15, 0.2) is 18.5 Å². The van der Waals surface area contributed by atoms with Gasteiger partial charge in [-0.05, 0) is 39.7 Å². The lowest BCUT2D eigenvalue weighted by Gasteiger charge is -2.50. The maximum Gasteiger partial charge on any atom is 0.410 e. The summed E-state index contributed by atoms with van der Waals surface area (Å²) < 4.78 is 5.46. The van der Waals surface area contributed by atoms with Gasteiger partial charge in [0.25, 0.3) is 0 Å². The topological polar surface area (TPSA) is 58.6 Å². The van der Waals surface area contributed by atoms with Crippen molar-refractivity contribution in [1.82, 2.24) is 14.9 Å². The highest BCUT2D eigenvalue weighted by atomic mass is 16.6. The molecule has 0 aliphatic carbocycles. The molecule has 0 N–H and O–H groups in total. The van der Waals surface area contributed by atoms with Gasteiger partial charge in [-0.15, -0.1) is 0 Å². The Morgan fingerprint density at radius 1 is 1.24 bits per heavy atom. The van der Waals surface area contributed by atoms with Gasteiger partial charge in [0.1, 0.15) is 5.60 Å². The Bertz CT molecular complexity index is 528. The molecule has 21 heavy (non-hydrogen) atoms. The van der Waals surface area contributed by atoms with Crippen molar-refractivity contribution in [2.24, 2.45) is 0 Å². The molecule has 1 spiro atoms. The number of likely N-dealkylation sites (tertiary alicyclic amines) is 1. The summed E-state index contributed by atoms with van der Waals surface area (Å²) in [5.41, 5.74) is -0.451. The summed E-state index contributed by atoms with van der Waals surface area (Å²) in [4.78, 5) is 24.9. The highest BCUT2D eigenvalue weighted by molar-refractivity contribution is 5.69. The predicted octanol–water partition coefficient (Wildman–Crippen LogP) is 2.07. The summed E-state index contributed by atoms with van der Waals surface area (Å²) in [6.07, 6.45) is 5.32. The van der Waals surface area contributed by atoms with E-state index in [0.717, 1.165) is 31.9 Å². The lowest BCUT2D eigenvalue weighted by atomic mass is 9.84. The summed E-state index contributed by atoms with van der Waals surface area (Å²) >= 11 is 0. The van der Waals surface area contributed by atoms with E-state index in [2.05, 4.69) is 14.9 Å². The Hall–Kier alpha value is -1.85. The zero-order chi connectivity index (χ0) is 15.1. The zero-order valence-electron chi connectivity index (χ0n) is 12.9. The second-order valence-electron chi connectivity index (χ2n) is 6.83. The molecule has 1 aromatic rings. The summed E-state index contributed by atoms with van der Waals surface area (Å²) in [5, 5.41) is 0. The molecule has 2 aliphatic heterocycles. The molecule has 0 saturated carbocycles. The van der Waals surface area contributed by atoms with Crippen LogP contribution in [0, 0.1) is 0 Å². The van der Waals surface area contributed by atoms with Crippen LogP contribution >= 0.6 is 0 Å². The van der Waals surface area contributed by atoms with Crippen LogP contribution in [0.1, 0.15) is 33.6 Å². The minimum Gasteiger partial charge on any atom is -0.444 e. The number of carbonyl (C=O) groups excluding carboxylic acids is 1. The molecule has 1 unspecified atom stereocenters. The first kappa shape index (κ1) is 14.1. The highest BCUT2D eigenvalue weighted by Crippen LogP contribution is 2.41. The number of nitrogens with zero attached hydrogens (tertiary/aromatic N) is 4. The third kappa shape index (κ3) is 2.66. The minimum atomic E-state index is -0.450. The first-order valence-electron chi connectivity index (χ1n) is 7.42. The Kier molecular flexibility index (Phi) is 3.26. The van der Waals surface area contributed by atoms with Crippen molar-refractivity contribution < 1.29 is 9.53 Å². The second kappa shape index (κ2) is 4.86. The van der Waals surface area contributed by atoms with Crippen molar-refractivity contribution in [3.8, 4) is 0 Å². The van der Waals surface area contributed by atoms with E-state index in [1.54, 1.807) is 17.3 Å². The van der Waals surface area contributed by atoms with Crippen molar-refractivity contribution >= 4 is 12.0 Å². The monoisotopic (exact) mass is 290 g/mol. The number of ether oxygens (including phenoxy) is 1. The normalized spacial score (nSPS) is 25.1. The fraction of sp³-hybridized carbons (Fsp3) is 0.667. The van der Waals surface area contributed by atoms with Crippen LogP contribution in [0.3, 0.4) is 0 Å². The molecule has 1 aromatic heterocycles. The Balaban J connectivity index is 1.68. The zero-order valence-corrected chi connectivity index (χ0v) is 12.9. The summed E-state index contributed by atoms with van der Waals surface area (Å²) in [5.74, 6) is 0.759. The molecule has 3 rings (SSSR count). The van der Waals surface area contributed by atoms with Crippen LogP contribution < -0.4 is 4.90 Å². The quantitative estimate of drug-likeness (QED) is 0.792. The largest absolute Gasteiger partial charge is 0.444 e. The number of aromatic nitrogens is 2. The van der Waals surface area contributed by atoms with Crippen molar-refractivity contribution in [2.75, 3.05) is 24.5 Å². The first-order valence-corrected chi connectivity index (χ1v) is 7.42. The fourth-order valence-electron chi connectivity index (χ4n) is 3.05. The van der Waals surface area contributed by atoms with E-state index in [9.17, 15) is 4.79 Å². The maximum atomic E-state index is 12.2. The molecule has 6 nitrogen and oxygen atoms in total. The van der Waals surface area contributed by atoms with Crippen molar-refractivity contribution in [2.45, 2.75) is 44.8 Å². The average molecular weight is 290 g/mol. The van der Waals surface area contributed by atoms with Gasteiger partial charge in [-0.2, -0.15) is 0 Å². The van der Waals surface area contributed by atoms with Crippen LogP contribution in [-0.4, -0.2) is 51.7 Å². The van der Waals surface area contributed by atoms with Crippen LogP contribution in [0.25, 0.3) is 0 Å². The van der Waals surface area contributed by atoms with E-state index in [-0.39, 0.29) is 11.6 Å². The van der Waals surface area contributed by atoms with Crippen molar-refractivity contribution in [1.29, 1.82) is 0 Å². The first-order chi connectivity index (χ1) is 9.90. The van der Waals surface area contributed by atoms with Gasteiger partial charge >= 0.3 is 6.09 Å². The van der Waals surface area contributed by atoms with E-state index in [1.165, 1.54) is 0 Å². The molecule has 1 atom stereocenters. The molecule has 0 aromatic carbocycles. The Labute approximate surface area is 125 Å². The third-order valence-corrected chi connectivity index (χ3v) is 4.15. The molecule has 1 amide bonds. The molecule has 6 heteroatoms. The van der Waals surface area contributed by atoms with Gasteiger partial charge in [-0.25, -0.2) is 14.8 Å². The molecule has 2 aliphatic rings. The smallest absolute Gasteiger partial charge is 0.410 e. The van der Waals surface area contributed by atoms with Crippen LogP contribution in [-0.2, 0) is 4.74 Å². The Morgan fingerprint density at radius 3 is 2.48 bits per heavy atom. The number of hydrogen-bond acceptors (Lipinski definition) is 5. The highest BCUT2D eigenvalue weighted by Gasteiger charge is 2.51. The molecule has 2 fully saturated rings. The number of anilines is 1. The predicted molar refractivity (Wildman–Crippen MR) is 79.2 cm³/mol. The van der Waals surface area contributed by atoms with E-state index < -0.39 is 5.60 Å². The van der Waals surface area contributed by atoms with Gasteiger partial charge in [0.2, 0.25) is 5.95 Å². The molecule has 0 radical (unpaired) electrons. The summed E-state index contributed by atoms with van der Waals surface area (Å²) in [6, 6.07) is 1.82. The molecule has 114 valence electrons. The van der Waals surface area contributed by atoms with Gasteiger partial charge < -0.3 is 14.5 Å². The van der Waals surface area contributed by atoms with Gasteiger partial charge in [-0.1, -0.05) is 0 Å². The summed E-state index contributed by atoms with van der Waals surface area (Å²) in [6.45, 7) is 8.06. The fourth-order valence-corrected chi connectivity index (χ4v) is 3.05. The van der Waals surface area contributed by atoms with E-state index in [1.807, 2.05) is 26.8 Å². The number of amides is 1. The van der Waals surface area contributed by atoms with Crippen molar-refractivity contribution in [3.05, 3.63) is 18.5 Å². The SMILES string of the molecule is CC(C)(C)OC(=O)N1CCC2(CCN2c2ncccn2)C1. The molecule has 0 bridgehead atoms. The summed E-state index contributed by atoms with van der Waals surface area (Å²) in [7, 11) is 0. The number of hydrogen-bond donors (Lipinski definition) is 0. The molecule has 3 heterocycles. The average Bonchev–Trinajstić information content (AvgIpc) is 2.84. The van der Waals surface area contributed by atoms with Gasteiger partial charge in [0.15, 0.2) is 0 Å². The van der Waals surface area contributed by atoms with E-state index in [4.69, 9.17) is 4.74 Å². The lowest BCUT2D eigenvalue weighted by Crippen LogP contribution is -2.62.